The first kappa shape index (κ1) is 15.3. The molecule has 1 aromatic heterocycles. The van der Waals surface area contributed by atoms with E-state index in [-0.39, 0.29) is 12.7 Å². The number of hydrogen-bond acceptors (Lipinski definition) is 4. The summed E-state index contributed by atoms with van der Waals surface area (Å²) in [4.78, 5) is 3.81. The quantitative estimate of drug-likeness (QED) is 0.919. The van der Waals surface area contributed by atoms with Gasteiger partial charge in [-0.2, -0.15) is 0 Å². The van der Waals surface area contributed by atoms with Crippen molar-refractivity contribution in [2.75, 3.05) is 7.11 Å². The van der Waals surface area contributed by atoms with Gasteiger partial charge in [-0.15, -0.1) is 0 Å². The summed E-state index contributed by atoms with van der Waals surface area (Å²) in [5.74, 6) is 0.486. The van der Waals surface area contributed by atoms with Crippen molar-refractivity contribution in [2.24, 2.45) is 0 Å². The third kappa shape index (κ3) is 3.49. The van der Waals surface area contributed by atoms with Gasteiger partial charge in [-0.05, 0) is 37.1 Å². The molecule has 0 unspecified atom stereocenters. The van der Waals surface area contributed by atoms with E-state index in [0.29, 0.717) is 28.3 Å². The number of ether oxygens (including phenoxy) is 2. The average Bonchev–Trinajstić information content (AvgIpc) is 2.47. The van der Waals surface area contributed by atoms with Gasteiger partial charge in [0.05, 0.1) is 26.0 Å². The lowest BCUT2D eigenvalue weighted by molar-refractivity contribution is 0.240. The third-order valence-corrected chi connectivity index (χ3v) is 2.95. The molecule has 0 saturated carbocycles. The van der Waals surface area contributed by atoms with Gasteiger partial charge in [0.1, 0.15) is 11.6 Å². The Hall–Kier alpha value is -2.14. The Kier molecular flexibility index (Phi) is 4.75. The smallest absolute Gasteiger partial charge is 0.213 e. The van der Waals surface area contributed by atoms with Gasteiger partial charge in [0.2, 0.25) is 5.88 Å². The van der Waals surface area contributed by atoms with E-state index < -0.39 is 5.82 Å². The lowest BCUT2D eigenvalue weighted by Gasteiger charge is -2.14. The van der Waals surface area contributed by atoms with Crippen LogP contribution in [0.5, 0.6) is 11.6 Å². The average molecular weight is 291 g/mol. The maximum absolute atomic E-state index is 14.0. The maximum Gasteiger partial charge on any atom is 0.213 e. The minimum Gasteiger partial charge on any atom is -0.491 e. The number of methoxy groups -OCH3 is 1. The molecule has 0 amide bonds. The maximum atomic E-state index is 14.0. The molecule has 0 saturated heterocycles. The molecule has 0 spiro atoms. The highest BCUT2D eigenvalue weighted by Gasteiger charge is 2.13. The normalized spacial score (nSPS) is 10.8. The zero-order chi connectivity index (χ0) is 15.4. The molecule has 1 aromatic carbocycles. The Balaban J connectivity index is 2.48. The number of halogens is 1. The molecule has 0 bridgehead atoms. The molecule has 1 N–H and O–H groups in total. The van der Waals surface area contributed by atoms with Crippen LogP contribution in [0.4, 0.5) is 4.39 Å². The van der Waals surface area contributed by atoms with Gasteiger partial charge >= 0.3 is 0 Å². The van der Waals surface area contributed by atoms with E-state index in [1.807, 2.05) is 13.8 Å². The van der Waals surface area contributed by atoms with Crippen molar-refractivity contribution in [3.8, 4) is 22.8 Å². The fraction of sp³-hybridized carbons (Fsp3) is 0.312. The molecule has 2 rings (SSSR count). The molecule has 21 heavy (non-hydrogen) atoms. The number of nitrogens with zero attached hydrogens (tertiary/aromatic N) is 1. The van der Waals surface area contributed by atoms with Gasteiger partial charge in [0.15, 0.2) is 0 Å². The summed E-state index contributed by atoms with van der Waals surface area (Å²) < 4.78 is 24.6. The summed E-state index contributed by atoms with van der Waals surface area (Å²) in [5, 5.41) is 9.53. The highest BCUT2D eigenvalue weighted by atomic mass is 19.1. The molecule has 112 valence electrons. The van der Waals surface area contributed by atoms with Crippen molar-refractivity contribution in [2.45, 2.75) is 26.6 Å². The summed E-state index contributed by atoms with van der Waals surface area (Å²) in [7, 11) is 1.47. The van der Waals surface area contributed by atoms with Crippen molar-refractivity contribution < 1.29 is 19.0 Å². The first-order chi connectivity index (χ1) is 10.0. The van der Waals surface area contributed by atoms with Crippen LogP contribution >= 0.6 is 0 Å². The molecular formula is C16H18FNO3. The Labute approximate surface area is 123 Å². The zero-order valence-electron chi connectivity index (χ0n) is 12.3. The molecule has 2 aromatic rings. The molecular weight excluding hydrogens is 273 g/mol. The SMILES string of the molecule is COc1cc(-c2ccc(OC(C)C)cc2CO)c(F)cn1. The molecule has 0 aliphatic rings. The lowest BCUT2D eigenvalue weighted by atomic mass is 10.00. The molecule has 4 nitrogen and oxygen atoms in total. The van der Waals surface area contributed by atoms with E-state index in [0.717, 1.165) is 6.20 Å². The third-order valence-electron chi connectivity index (χ3n) is 2.95. The largest absolute Gasteiger partial charge is 0.491 e. The molecule has 0 fully saturated rings. The second-order valence-corrected chi connectivity index (χ2v) is 4.85. The van der Waals surface area contributed by atoms with E-state index in [2.05, 4.69) is 4.98 Å². The zero-order valence-corrected chi connectivity index (χ0v) is 12.3. The summed E-state index contributed by atoms with van der Waals surface area (Å²) >= 11 is 0. The molecule has 0 aliphatic heterocycles. The summed E-state index contributed by atoms with van der Waals surface area (Å²) in [6, 6.07) is 6.69. The molecule has 0 atom stereocenters. The van der Waals surface area contributed by atoms with Crippen molar-refractivity contribution in [1.82, 2.24) is 4.98 Å². The molecule has 5 heteroatoms. The highest BCUT2D eigenvalue weighted by Crippen LogP contribution is 2.31. The Morgan fingerprint density at radius 2 is 2.00 bits per heavy atom. The van der Waals surface area contributed by atoms with Crippen LogP contribution in [0.1, 0.15) is 19.4 Å². The molecule has 0 radical (unpaired) electrons. The van der Waals surface area contributed by atoms with Crippen LogP contribution in [-0.4, -0.2) is 23.3 Å². The van der Waals surface area contributed by atoms with Crippen molar-refractivity contribution in [3.63, 3.8) is 0 Å². The van der Waals surface area contributed by atoms with Crippen LogP contribution in [-0.2, 0) is 6.61 Å². The number of benzene rings is 1. The highest BCUT2D eigenvalue weighted by molar-refractivity contribution is 5.69. The predicted octanol–water partition coefficient (Wildman–Crippen LogP) is 3.18. The summed E-state index contributed by atoms with van der Waals surface area (Å²) in [6.45, 7) is 3.62. The standard InChI is InChI=1S/C16H18FNO3/c1-10(2)21-12-4-5-13(11(6-12)9-19)14-7-16(20-3)18-8-15(14)17/h4-8,10,19H,9H2,1-3H3. The predicted molar refractivity (Wildman–Crippen MR) is 77.9 cm³/mol. The Morgan fingerprint density at radius 3 is 2.62 bits per heavy atom. The van der Waals surface area contributed by atoms with E-state index in [1.54, 1.807) is 18.2 Å². The van der Waals surface area contributed by atoms with Crippen molar-refractivity contribution in [1.29, 1.82) is 0 Å². The number of hydrogen-bond donors (Lipinski definition) is 1. The van der Waals surface area contributed by atoms with E-state index in [9.17, 15) is 9.50 Å². The number of pyridine rings is 1. The number of aliphatic hydroxyl groups excluding tert-OH is 1. The van der Waals surface area contributed by atoms with Crippen LogP contribution in [0, 0.1) is 5.82 Å². The minimum absolute atomic E-state index is 0.0279. The van der Waals surface area contributed by atoms with Gasteiger partial charge in [0.25, 0.3) is 0 Å². The fourth-order valence-corrected chi connectivity index (χ4v) is 2.05. The Morgan fingerprint density at radius 1 is 1.24 bits per heavy atom. The monoisotopic (exact) mass is 291 g/mol. The van der Waals surface area contributed by atoms with Crippen LogP contribution in [0.25, 0.3) is 11.1 Å². The van der Waals surface area contributed by atoms with Crippen LogP contribution < -0.4 is 9.47 Å². The molecule has 1 heterocycles. The van der Waals surface area contributed by atoms with Gasteiger partial charge in [-0.25, -0.2) is 9.37 Å². The van der Waals surface area contributed by atoms with Gasteiger partial charge < -0.3 is 14.6 Å². The Bertz CT molecular complexity index is 629. The van der Waals surface area contributed by atoms with Crippen molar-refractivity contribution in [3.05, 3.63) is 41.8 Å². The molecule has 0 aliphatic carbocycles. The lowest BCUT2D eigenvalue weighted by Crippen LogP contribution is -2.06. The fourth-order valence-electron chi connectivity index (χ4n) is 2.05. The van der Waals surface area contributed by atoms with Crippen molar-refractivity contribution >= 4 is 0 Å². The summed E-state index contributed by atoms with van der Waals surface area (Å²) in [5.41, 5.74) is 1.51. The number of aliphatic hydroxyl groups is 1. The second kappa shape index (κ2) is 6.54. The van der Waals surface area contributed by atoms with Crippen LogP contribution in [0.3, 0.4) is 0 Å². The second-order valence-electron chi connectivity index (χ2n) is 4.85. The van der Waals surface area contributed by atoms with E-state index in [4.69, 9.17) is 9.47 Å². The topological polar surface area (TPSA) is 51.6 Å². The van der Waals surface area contributed by atoms with Crippen LogP contribution in [0.2, 0.25) is 0 Å². The summed E-state index contributed by atoms with van der Waals surface area (Å²) in [6.07, 6.45) is 1.13. The van der Waals surface area contributed by atoms with Crippen LogP contribution in [0.15, 0.2) is 30.5 Å². The van der Waals surface area contributed by atoms with Gasteiger partial charge in [-0.3, -0.25) is 0 Å². The van der Waals surface area contributed by atoms with E-state index >= 15 is 0 Å². The first-order valence-electron chi connectivity index (χ1n) is 6.65. The van der Waals surface area contributed by atoms with E-state index in [1.165, 1.54) is 13.2 Å². The van der Waals surface area contributed by atoms with Gasteiger partial charge in [0, 0.05) is 11.6 Å². The van der Waals surface area contributed by atoms with Gasteiger partial charge in [-0.1, -0.05) is 6.07 Å². The number of aromatic nitrogens is 1. The number of rotatable bonds is 5. The minimum atomic E-state index is -0.469. The first-order valence-corrected chi connectivity index (χ1v) is 6.65.